The number of ketones is 2. The zero-order valence-corrected chi connectivity index (χ0v) is 23.5. The van der Waals surface area contributed by atoms with Gasteiger partial charge in [0.25, 0.3) is 5.91 Å². The molecule has 1 saturated heterocycles. The molecule has 1 amide bonds. The van der Waals surface area contributed by atoms with Crippen molar-refractivity contribution < 1.29 is 48.0 Å². The number of aromatic hydroxyl groups is 1. The summed E-state index contributed by atoms with van der Waals surface area (Å²) in [5, 5.41) is 43.7. The van der Waals surface area contributed by atoms with Crippen molar-refractivity contribution in [3.05, 3.63) is 86.9 Å². The molecule has 6 N–H and O–H groups in total. The van der Waals surface area contributed by atoms with E-state index in [4.69, 9.17) is 5.73 Å². The molecule has 3 atom stereocenters. The van der Waals surface area contributed by atoms with E-state index in [0.717, 1.165) is 18.9 Å². The van der Waals surface area contributed by atoms with Crippen molar-refractivity contribution >= 4 is 17.5 Å². The van der Waals surface area contributed by atoms with E-state index in [0.29, 0.717) is 13.1 Å². The Kier molecular flexibility index (Phi) is 7.12. The topological polar surface area (TPSA) is 161 Å². The minimum absolute atomic E-state index is 0.102. The number of amides is 1. The molecule has 1 unspecified atom stereocenters. The van der Waals surface area contributed by atoms with Gasteiger partial charge >= 0.3 is 6.18 Å². The Hall–Kier alpha value is -4.16. The minimum atomic E-state index is -4.88. The lowest BCUT2D eigenvalue weighted by Crippen LogP contribution is -2.57. The zero-order valence-electron chi connectivity index (χ0n) is 23.5. The number of piperidine rings is 1. The Labute approximate surface area is 250 Å². The Balaban J connectivity index is 1.36. The number of nitrogens with two attached hydrogens (primary N) is 1. The molecule has 0 aromatic heterocycles. The quantitative estimate of drug-likeness (QED) is 0.324. The van der Waals surface area contributed by atoms with Crippen molar-refractivity contribution in [2.75, 3.05) is 13.1 Å². The molecule has 1 aliphatic heterocycles. The molecule has 0 bridgehead atoms. The number of carbonyl (C=O) groups is 3. The molecule has 9 nitrogen and oxygen atoms in total. The van der Waals surface area contributed by atoms with E-state index in [2.05, 4.69) is 0 Å². The maximum atomic E-state index is 14.7. The second-order valence-corrected chi connectivity index (χ2v) is 12.2. The van der Waals surface area contributed by atoms with Crippen molar-refractivity contribution in [2.45, 2.75) is 56.3 Å². The predicted octanol–water partition coefficient (Wildman–Crippen LogP) is 3.98. The second-order valence-electron chi connectivity index (χ2n) is 12.2. The number of aliphatic hydroxyl groups is 3. The van der Waals surface area contributed by atoms with E-state index in [-0.39, 0.29) is 24.4 Å². The van der Waals surface area contributed by atoms with Gasteiger partial charge < -0.3 is 26.2 Å². The van der Waals surface area contributed by atoms with Crippen LogP contribution in [0.3, 0.4) is 0 Å². The lowest BCUT2D eigenvalue weighted by molar-refractivity contribution is -0.144. The number of likely N-dealkylation sites (tertiary alicyclic amines) is 1. The number of hydrogen-bond acceptors (Lipinski definition) is 8. The van der Waals surface area contributed by atoms with Gasteiger partial charge in [0, 0.05) is 24.5 Å². The number of phenolic OH excluding ortho intramolecular Hbond substituents is 1. The van der Waals surface area contributed by atoms with Crippen molar-refractivity contribution in [3.8, 4) is 5.75 Å². The average molecular weight is 613 g/mol. The number of alkyl halides is 3. The van der Waals surface area contributed by atoms with Crippen LogP contribution in [0.15, 0.2) is 59.1 Å². The van der Waals surface area contributed by atoms with Crippen LogP contribution < -0.4 is 5.73 Å². The lowest BCUT2D eigenvalue weighted by atomic mass is 9.60. The molecule has 0 spiro atoms. The van der Waals surface area contributed by atoms with Crippen LogP contribution >= 0.6 is 0 Å². The van der Waals surface area contributed by atoms with Crippen LogP contribution in [0.2, 0.25) is 0 Å². The van der Waals surface area contributed by atoms with Gasteiger partial charge in [-0.1, -0.05) is 30.3 Å². The third kappa shape index (κ3) is 4.58. The Morgan fingerprint density at radius 2 is 1.68 bits per heavy atom. The normalized spacial score (nSPS) is 26.4. The molecule has 1 fully saturated rings. The van der Waals surface area contributed by atoms with E-state index in [1.54, 1.807) is 0 Å². The number of carbonyl (C=O) groups excluding carboxylic acids is 3. The van der Waals surface area contributed by atoms with Crippen LogP contribution in [0.5, 0.6) is 5.75 Å². The number of allylic oxidation sites excluding steroid dienone is 2. The maximum absolute atomic E-state index is 14.7. The van der Waals surface area contributed by atoms with E-state index >= 15 is 0 Å². The van der Waals surface area contributed by atoms with Crippen molar-refractivity contribution in [1.82, 2.24) is 4.90 Å². The highest BCUT2D eigenvalue weighted by Crippen LogP contribution is 2.53. The largest absolute Gasteiger partial charge is 0.511 e. The molecule has 0 radical (unpaired) electrons. The summed E-state index contributed by atoms with van der Waals surface area (Å²) in [6, 6.07) is 10.8. The number of Topliss-reactive ketones (excluding diaryl/α,β-unsaturated/α-hetero) is 2. The molecule has 6 rings (SSSR count). The number of hydrogen-bond donors (Lipinski definition) is 5. The first-order valence-corrected chi connectivity index (χ1v) is 14.4. The van der Waals surface area contributed by atoms with E-state index in [1.165, 1.54) is 5.56 Å². The number of nitrogens with zero attached hydrogens (tertiary/aromatic N) is 1. The molecular weight excluding hydrogens is 581 g/mol. The van der Waals surface area contributed by atoms with Crippen molar-refractivity contribution in [2.24, 2.45) is 17.6 Å². The van der Waals surface area contributed by atoms with Gasteiger partial charge in [-0.3, -0.25) is 19.3 Å². The third-order valence-electron chi connectivity index (χ3n) is 9.68. The van der Waals surface area contributed by atoms with Gasteiger partial charge in [0.1, 0.15) is 22.8 Å². The summed E-state index contributed by atoms with van der Waals surface area (Å²) in [6.45, 7) is 0.973. The van der Waals surface area contributed by atoms with Gasteiger partial charge in [-0.25, -0.2) is 0 Å². The van der Waals surface area contributed by atoms with Gasteiger partial charge in [-0.15, -0.1) is 0 Å². The highest BCUT2D eigenvalue weighted by Gasteiger charge is 2.60. The molecule has 4 aliphatic rings. The molecule has 12 heteroatoms. The smallest absolute Gasteiger partial charge is 0.417 e. The monoisotopic (exact) mass is 612 g/mol. The summed E-state index contributed by atoms with van der Waals surface area (Å²) >= 11 is 0. The van der Waals surface area contributed by atoms with Crippen molar-refractivity contribution in [3.63, 3.8) is 0 Å². The number of primary amides is 1. The molecular formula is C32H31F3N2O7. The molecule has 3 aliphatic carbocycles. The second kappa shape index (κ2) is 10.5. The SMILES string of the molecule is NC(=O)C1=C(O)C[C@@H]2CC3Cc4c(c(O)cc(CN5CCC(c6ccccc6)CC5)c4C(F)(F)F)C(=O)C3=C(O)[C@]2(O)C1=O. The van der Waals surface area contributed by atoms with Crippen LogP contribution in [0.1, 0.15) is 64.2 Å². The van der Waals surface area contributed by atoms with Crippen LogP contribution in [0.4, 0.5) is 13.2 Å². The van der Waals surface area contributed by atoms with Crippen LogP contribution in [0, 0.1) is 11.8 Å². The zero-order chi connectivity index (χ0) is 31.7. The molecule has 2 aromatic carbocycles. The summed E-state index contributed by atoms with van der Waals surface area (Å²) in [5.74, 6) is -8.42. The molecule has 0 saturated carbocycles. The molecule has 1 heterocycles. The summed E-state index contributed by atoms with van der Waals surface area (Å²) in [6.07, 6.45) is -4.52. The number of benzene rings is 2. The third-order valence-corrected chi connectivity index (χ3v) is 9.68. The van der Waals surface area contributed by atoms with Crippen LogP contribution in [0.25, 0.3) is 0 Å². The number of rotatable bonds is 4. The summed E-state index contributed by atoms with van der Waals surface area (Å²) < 4.78 is 44.2. The van der Waals surface area contributed by atoms with Crippen LogP contribution in [-0.4, -0.2) is 61.5 Å². The number of aliphatic hydroxyl groups excluding tert-OH is 2. The van der Waals surface area contributed by atoms with E-state index in [9.17, 15) is 48.0 Å². The van der Waals surface area contributed by atoms with Gasteiger partial charge in [0.15, 0.2) is 11.4 Å². The van der Waals surface area contributed by atoms with Gasteiger partial charge in [-0.2, -0.15) is 13.2 Å². The van der Waals surface area contributed by atoms with Gasteiger partial charge in [-0.05, 0) is 73.4 Å². The summed E-state index contributed by atoms with van der Waals surface area (Å²) in [7, 11) is 0. The highest BCUT2D eigenvalue weighted by atomic mass is 19.4. The van der Waals surface area contributed by atoms with Gasteiger partial charge in [0.2, 0.25) is 5.78 Å². The summed E-state index contributed by atoms with van der Waals surface area (Å²) in [4.78, 5) is 40.5. The first kappa shape index (κ1) is 29.9. The predicted molar refractivity (Wildman–Crippen MR) is 150 cm³/mol. The van der Waals surface area contributed by atoms with Crippen LogP contribution in [-0.2, 0) is 28.7 Å². The number of halogens is 3. The number of fused-ring (bicyclic) bond motifs is 3. The minimum Gasteiger partial charge on any atom is -0.511 e. The first-order chi connectivity index (χ1) is 20.7. The average Bonchev–Trinajstić information content (AvgIpc) is 2.95. The van der Waals surface area contributed by atoms with E-state index in [1.807, 2.05) is 35.2 Å². The molecule has 44 heavy (non-hydrogen) atoms. The fourth-order valence-corrected chi connectivity index (χ4v) is 7.63. The van der Waals surface area contributed by atoms with Crippen molar-refractivity contribution in [1.29, 1.82) is 0 Å². The Morgan fingerprint density at radius 1 is 1.02 bits per heavy atom. The fraction of sp³-hybridized carbons (Fsp3) is 0.406. The fourth-order valence-electron chi connectivity index (χ4n) is 7.63. The highest BCUT2D eigenvalue weighted by molar-refractivity contribution is 6.24. The number of phenols is 1. The maximum Gasteiger partial charge on any atom is 0.417 e. The lowest BCUT2D eigenvalue weighted by Gasteiger charge is -2.45. The van der Waals surface area contributed by atoms with E-state index < -0.39 is 99.0 Å². The Bertz CT molecular complexity index is 1640. The first-order valence-electron chi connectivity index (χ1n) is 14.4. The summed E-state index contributed by atoms with van der Waals surface area (Å²) in [5.41, 5.74) is -0.115. The Morgan fingerprint density at radius 3 is 2.30 bits per heavy atom. The molecule has 2 aromatic rings. The van der Waals surface area contributed by atoms with Gasteiger partial charge in [0.05, 0.1) is 11.1 Å². The molecule has 232 valence electrons. The standard InChI is InChI=1S/C32H31F3N2O7/c33-32(34,35)26-18(14-37-8-6-16(7-9-37)15-4-2-1-3-5-15)12-21(38)24-20(26)11-17-10-19-13-22(39)25(30(36)43)29(42)31(19,44)28(41)23(17)27(24)40/h1-5,12,16-17,19,38-39,41,44H,6-11,13-14H2,(H2,36,43)/t17?,19-,31-/m0/s1.